The number of rotatable bonds is 2. The highest BCUT2D eigenvalue weighted by molar-refractivity contribution is 5.86. The standard InChI is InChI=1S/C20H10F9N/c21-18(22,23)11-9-14(19(24,25)26)17(15(10-11)20(27,28)29)13-6-2-1-5-12(13)16-7-3-4-8-30-16/h1-10H. The predicted octanol–water partition coefficient (Wildman–Crippen LogP) is 7.47. The summed E-state index contributed by atoms with van der Waals surface area (Å²) in [5.41, 5.74) is -8.06. The number of nitrogens with zero attached hydrogens (tertiary/aromatic N) is 1. The SMILES string of the molecule is FC(F)(F)c1cc(C(F)(F)F)c(-c2ccccc2-c2ccccn2)c(C(F)(F)F)c1. The molecule has 0 atom stereocenters. The molecule has 1 heterocycles. The lowest BCUT2D eigenvalue weighted by Crippen LogP contribution is -2.18. The van der Waals surface area contributed by atoms with Gasteiger partial charge in [0, 0.05) is 17.3 Å². The van der Waals surface area contributed by atoms with Crippen LogP contribution in [0.1, 0.15) is 16.7 Å². The summed E-state index contributed by atoms with van der Waals surface area (Å²) in [5, 5.41) is 0. The third-order valence-corrected chi connectivity index (χ3v) is 4.21. The van der Waals surface area contributed by atoms with Gasteiger partial charge in [-0.2, -0.15) is 39.5 Å². The van der Waals surface area contributed by atoms with Crippen LogP contribution in [0.25, 0.3) is 22.4 Å². The number of alkyl halides is 9. The van der Waals surface area contributed by atoms with E-state index in [1.165, 1.54) is 42.6 Å². The molecule has 0 spiro atoms. The fourth-order valence-electron chi connectivity index (χ4n) is 2.99. The Morgan fingerprint density at radius 1 is 0.567 bits per heavy atom. The fraction of sp³-hybridized carbons (Fsp3) is 0.150. The van der Waals surface area contributed by atoms with E-state index >= 15 is 0 Å². The van der Waals surface area contributed by atoms with Crippen molar-refractivity contribution in [2.24, 2.45) is 0 Å². The second kappa shape index (κ2) is 7.33. The molecule has 0 saturated heterocycles. The molecule has 2 aromatic carbocycles. The maximum Gasteiger partial charge on any atom is 0.417 e. The predicted molar refractivity (Wildman–Crippen MR) is 90.1 cm³/mol. The molecule has 3 aromatic rings. The summed E-state index contributed by atoms with van der Waals surface area (Å²) in [6.45, 7) is 0. The van der Waals surface area contributed by atoms with Gasteiger partial charge in [-0.1, -0.05) is 30.3 Å². The number of halogens is 9. The molecule has 10 heteroatoms. The lowest BCUT2D eigenvalue weighted by atomic mass is 9.87. The van der Waals surface area contributed by atoms with E-state index in [1.54, 1.807) is 0 Å². The molecule has 0 bridgehead atoms. The van der Waals surface area contributed by atoms with Crippen LogP contribution in [0.15, 0.2) is 60.8 Å². The Morgan fingerprint density at radius 2 is 1.07 bits per heavy atom. The summed E-state index contributed by atoms with van der Waals surface area (Å²) in [5.74, 6) is 0. The van der Waals surface area contributed by atoms with Crippen LogP contribution in [0.3, 0.4) is 0 Å². The van der Waals surface area contributed by atoms with Crippen molar-refractivity contribution in [3.05, 3.63) is 77.5 Å². The zero-order valence-electron chi connectivity index (χ0n) is 14.6. The van der Waals surface area contributed by atoms with E-state index in [2.05, 4.69) is 4.98 Å². The van der Waals surface area contributed by atoms with Crippen LogP contribution in [0.2, 0.25) is 0 Å². The zero-order valence-corrected chi connectivity index (χ0v) is 14.6. The Hall–Kier alpha value is -3.04. The van der Waals surface area contributed by atoms with Crippen LogP contribution in [-0.2, 0) is 18.5 Å². The zero-order chi connectivity index (χ0) is 22.3. The summed E-state index contributed by atoms with van der Waals surface area (Å²) in [7, 11) is 0. The molecule has 30 heavy (non-hydrogen) atoms. The number of benzene rings is 2. The molecule has 1 nitrogen and oxygen atoms in total. The molecule has 0 aliphatic carbocycles. The topological polar surface area (TPSA) is 12.9 Å². The van der Waals surface area contributed by atoms with Crippen LogP contribution in [0, 0.1) is 0 Å². The van der Waals surface area contributed by atoms with Crippen LogP contribution >= 0.6 is 0 Å². The first-order valence-corrected chi connectivity index (χ1v) is 8.20. The first-order chi connectivity index (χ1) is 13.8. The second-order valence-electron chi connectivity index (χ2n) is 6.20. The van der Waals surface area contributed by atoms with Gasteiger partial charge in [-0.05, 0) is 29.8 Å². The van der Waals surface area contributed by atoms with Crippen molar-refractivity contribution < 1.29 is 39.5 Å². The van der Waals surface area contributed by atoms with Crippen molar-refractivity contribution >= 4 is 0 Å². The Kier molecular flexibility index (Phi) is 5.30. The molecule has 0 N–H and O–H groups in total. The van der Waals surface area contributed by atoms with Crippen molar-refractivity contribution in [2.75, 3.05) is 0 Å². The summed E-state index contributed by atoms with van der Waals surface area (Å²) >= 11 is 0. The summed E-state index contributed by atoms with van der Waals surface area (Å²) in [6, 6.07) is 8.52. The minimum Gasteiger partial charge on any atom is -0.256 e. The normalized spacial score (nSPS) is 12.8. The summed E-state index contributed by atoms with van der Waals surface area (Å²) in [4.78, 5) is 3.93. The van der Waals surface area contributed by atoms with Gasteiger partial charge in [0.05, 0.1) is 22.4 Å². The molecule has 0 unspecified atom stereocenters. The van der Waals surface area contributed by atoms with Crippen molar-refractivity contribution in [1.29, 1.82) is 0 Å². The van der Waals surface area contributed by atoms with Gasteiger partial charge in [0.15, 0.2) is 0 Å². The largest absolute Gasteiger partial charge is 0.417 e. The smallest absolute Gasteiger partial charge is 0.256 e. The molecular weight excluding hydrogens is 425 g/mol. The second-order valence-corrected chi connectivity index (χ2v) is 6.20. The molecule has 0 fully saturated rings. The Morgan fingerprint density at radius 3 is 1.50 bits per heavy atom. The molecule has 1 aromatic heterocycles. The first kappa shape index (κ1) is 21.7. The maximum absolute atomic E-state index is 13.7. The number of hydrogen-bond acceptors (Lipinski definition) is 1. The third kappa shape index (κ3) is 4.27. The molecule has 0 amide bonds. The average molecular weight is 435 g/mol. The minimum absolute atomic E-state index is 0.0641. The highest BCUT2D eigenvalue weighted by atomic mass is 19.4. The van der Waals surface area contributed by atoms with Gasteiger partial charge in [-0.15, -0.1) is 0 Å². The van der Waals surface area contributed by atoms with E-state index in [0.717, 1.165) is 6.07 Å². The lowest BCUT2D eigenvalue weighted by molar-refractivity contribution is -0.147. The maximum atomic E-state index is 13.7. The third-order valence-electron chi connectivity index (χ3n) is 4.21. The Balaban J connectivity index is 2.47. The highest BCUT2D eigenvalue weighted by Gasteiger charge is 2.45. The van der Waals surface area contributed by atoms with Crippen molar-refractivity contribution in [3.63, 3.8) is 0 Å². The molecule has 158 valence electrons. The Bertz CT molecular complexity index is 1010. The Labute approximate surface area is 163 Å². The van der Waals surface area contributed by atoms with E-state index in [-0.39, 0.29) is 23.4 Å². The minimum atomic E-state index is -5.48. The summed E-state index contributed by atoms with van der Waals surface area (Å²) < 4.78 is 121. The van der Waals surface area contributed by atoms with Gasteiger partial charge in [-0.25, -0.2) is 0 Å². The number of hydrogen-bond donors (Lipinski definition) is 0. The molecule has 3 rings (SSSR count). The fourth-order valence-corrected chi connectivity index (χ4v) is 2.99. The number of aromatic nitrogens is 1. The van der Waals surface area contributed by atoms with E-state index in [0.29, 0.717) is 0 Å². The van der Waals surface area contributed by atoms with E-state index < -0.39 is 46.3 Å². The van der Waals surface area contributed by atoms with Gasteiger partial charge < -0.3 is 0 Å². The average Bonchev–Trinajstić information content (AvgIpc) is 2.65. The van der Waals surface area contributed by atoms with Crippen molar-refractivity contribution in [3.8, 4) is 22.4 Å². The van der Waals surface area contributed by atoms with Crippen LogP contribution in [0.5, 0.6) is 0 Å². The molecule has 0 saturated carbocycles. The highest BCUT2D eigenvalue weighted by Crippen LogP contribution is 2.49. The van der Waals surface area contributed by atoms with Crippen LogP contribution in [0.4, 0.5) is 39.5 Å². The van der Waals surface area contributed by atoms with Gasteiger partial charge >= 0.3 is 18.5 Å². The van der Waals surface area contributed by atoms with Gasteiger partial charge in [0.2, 0.25) is 0 Å². The molecule has 0 radical (unpaired) electrons. The number of pyridine rings is 1. The van der Waals surface area contributed by atoms with E-state index in [1.807, 2.05) is 0 Å². The molecule has 0 aliphatic rings. The first-order valence-electron chi connectivity index (χ1n) is 8.20. The van der Waals surface area contributed by atoms with Gasteiger partial charge in [0.25, 0.3) is 0 Å². The van der Waals surface area contributed by atoms with Crippen molar-refractivity contribution in [2.45, 2.75) is 18.5 Å². The van der Waals surface area contributed by atoms with Gasteiger partial charge in [0.1, 0.15) is 0 Å². The quantitative estimate of drug-likeness (QED) is 0.381. The van der Waals surface area contributed by atoms with Crippen LogP contribution < -0.4 is 0 Å². The van der Waals surface area contributed by atoms with E-state index in [4.69, 9.17) is 0 Å². The molecular formula is C20H10F9N. The van der Waals surface area contributed by atoms with Crippen molar-refractivity contribution in [1.82, 2.24) is 4.98 Å². The van der Waals surface area contributed by atoms with Crippen LogP contribution in [-0.4, -0.2) is 4.98 Å². The lowest BCUT2D eigenvalue weighted by Gasteiger charge is -2.23. The monoisotopic (exact) mass is 435 g/mol. The summed E-state index contributed by atoms with van der Waals surface area (Å²) in [6.07, 6.45) is -15.1. The van der Waals surface area contributed by atoms with E-state index in [9.17, 15) is 39.5 Å². The molecule has 0 aliphatic heterocycles. The van der Waals surface area contributed by atoms with Gasteiger partial charge in [-0.3, -0.25) is 4.98 Å².